The number of carbonyl (C=O) groups is 2. The number of unbranched alkanes of at least 4 members (excludes halogenated alkanes) is 1. The van der Waals surface area contributed by atoms with Crippen molar-refractivity contribution in [2.24, 2.45) is 0 Å². The van der Waals surface area contributed by atoms with Crippen molar-refractivity contribution in [3.8, 4) is 0 Å². The Hall–Kier alpha value is 0.486. The van der Waals surface area contributed by atoms with E-state index < -0.39 is 33.7 Å². The van der Waals surface area contributed by atoms with Crippen LogP contribution in [-0.4, -0.2) is 40.4 Å². The summed E-state index contributed by atoms with van der Waals surface area (Å²) in [5.74, 6) is -3.50. The molecule has 3 N–H and O–H groups in total. The van der Waals surface area contributed by atoms with Crippen LogP contribution in [-0.2, 0) is 19.7 Å². The van der Waals surface area contributed by atoms with Gasteiger partial charge in [-0.1, -0.05) is 13.3 Å². The largest absolute Gasteiger partial charge is 1.00 e. The third-order valence-electron chi connectivity index (χ3n) is 1.35. The predicted molar refractivity (Wildman–Crippen MR) is 55.5 cm³/mol. The van der Waals surface area contributed by atoms with Gasteiger partial charge in [0.1, 0.15) is 0 Å². The van der Waals surface area contributed by atoms with Gasteiger partial charge in [0.15, 0.2) is 5.25 Å². The second-order valence-electron chi connectivity index (χ2n) is 2.79. The molecule has 0 radical (unpaired) electrons. The fourth-order valence-electron chi connectivity index (χ4n) is 0.479. The molecule has 0 saturated heterocycles. The Morgan fingerprint density at radius 3 is 1.71 bits per heavy atom. The SMILES string of the molecule is O=C(O)CC(C(=O)O)S(=O)(=O)O.[CH2-]CCC.[K+]. The summed E-state index contributed by atoms with van der Waals surface area (Å²) < 4.78 is 28.7. The number of rotatable bonds is 5. The molecule has 9 heteroatoms. The van der Waals surface area contributed by atoms with E-state index in [1.807, 2.05) is 0 Å². The van der Waals surface area contributed by atoms with Crippen LogP contribution in [0.1, 0.15) is 26.2 Å². The van der Waals surface area contributed by atoms with Crippen molar-refractivity contribution in [2.45, 2.75) is 31.4 Å². The van der Waals surface area contributed by atoms with Crippen LogP contribution in [0.2, 0.25) is 0 Å². The maximum Gasteiger partial charge on any atom is 1.00 e. The molecule has 0 spiro atoms. The molecule has 0 aromatic rings. The molecule has 0 fully saturated rings. The summed E-state index contributed by atoms with van der Waals surface area (Å²) in [6, 6.07) is 0. The summed E-state index contributed by atoms with van der Waals surface area (Å²) in [4.78, 5) is 20.0. The number of carboxylic acids is 2. The zero-order chi connectivity index (χ0) is 13.4. The summed E-state index contributed by atoms with van der Waals surface area (Å²) in [5, 5.41) is 13.9. The standard InChI is InChI=1S/C4H6O7S.C4H9.K/c5-3(6)1-2(4(7)8)12(9,10)11;1-3-4-2;/h2H,1H2,(H,5,6)(H,7,8)(H,9,10,11);1,3-4H2,2H3;/q;-1;+1. The van der Waals surface area contributed by atoms with E-state index in [9.17, 15) is 18.0 Å². The van der Waals surface area contributed by atoms with Crippen LogP contribution in [0.5, 0.6) is 0 Å². The van der Waals surface area contributed by atoms with Gasteiger partial charge in [0.25, 0.3) is 10.1 Å². The number of hydrogen-bond donors (Lipinski definition) is 3. The minimum atomic E-state index is -4.84. The number of carboxylic acid groups (broad SMARTS) is 2. The Kier molecular flexibility index (Phi) is 15.4. The van der Waals surface area contributed by atoms with E-state index in [-0.39, 0.29) is 51.4 Å². The molecule has 0 aromatic heterocycles. The van der Waals surface area contributed by atoms with Gasteiger partial charge in [0, 0.05) is 0 Å². The first kappa shape index (κ1) is 22.6. The van der Waals surface area contributed by atoms with Crippen LogP contribution < -0.4 is 51.4 Å². The second-order valence-corrected chi connectivity index (χ2v) is 4.39. The summed E-state index contributed by atoms with van der Waals surface area (Å²) in [6.07, 6.45) is 1.12. The molecule has 0 rings (SSSR count). The zero-order valence-electron chi connectivity index (χ0n) is 9.79. The van der Waals surface area contributed by atoms with Crippen LogP contribution in [0.3, 0.4) is 0 Å². The molecule has 1 atom stereocenters. The van der Waals surface area contributed by atoms with Gasteiger partial charge in [0.05, 0.1) is 6.42 Å². The zero-order valence-corrected chi connectivity index (χ0v) is 13.7. The van der Waals surface area contributed by atoms with Crippen LogP contribution in [0.25, 0.3) is 0 Å². The molecule has 7 nitrogen and oxygen atoms in total. The Balaban J connectivity index is -0.000000340. The Bertz CT molecular complexity index is 323. The van der Waals surface area contributed by atoms with Crippen LogP contribution in [0, 0.1) is 6.92 Å². The first-order chi connectivity index (χ1) is 7.16. The van der Waals surface area contributed by atoms with Gasteiger partial charge in [-0.05, 0) is 0 Å². The Morgan fingerprint density at radius 1 is 1.29 bits per heavy atom. The maximum atomic E-state index is 10.2. The van der Waals surface area contributed by atoms with Crippen molar-refractivity contribution >= 4 is 22.1 Å². The molecule has 0 aliphatic rings. The van der Waals surface area contributed by atoms with Crippen LogP contribution in [0.15, 0.2) is 0 Å². The fraction of sp³-hybridized carbons (Fsp3) is 0.625. The van der Waals surface area contributed by atoms with Crippen molar-refractivity contribution in [1.82, 2.24) is 0 Å². The van der Waals surface area contributed by atoms with E-state index in [1.54, 1.807) is 0 Å². The van der Waals surface area contributed by atoms with E-state index in [1.165, 1.54) is 6.42 Å². The third kappa shape index (κ3) is 14.4. The molecule has 96 valence electrons. The topological polar surface area (TPSA) is 129 Å². The second kappa shape index (κ2) is 11.6. The molecular weight excluding hydrogens is 279 g/mol. The van der Waals surface area contributed by atoms with E-state index >= 15 is 0 Å². The molecule has 0 heterocycles. The molecule has 0 aromatic carbocycles. The summed E-state index contributed by atoms with van der Waals surface area (Å²) in [6.45, 7) is 5.72. The molecule has 0 aliphatic carbocycles. The summed E-state index contributed by atoms with van der Waals surface area (Å²) in [7, 11) is -4.84. The quantitative estimate of drug-likeness (QED) is 0.289. The molecule has 0 amide bonds. The van der Waals surface area contributed by atoms with E-state index in [0.717, 1.165) is 6.42 Å². The molecule has 1 unspecified atom stereocenters. The van der Waals surface area contributed by atoms with E-state index in [0.29, 0.717) is 0 Å². The predicted octanol–water partition coefficient (Wildman–Crippen LogP) is -2.57. The van der Waals surface area contributed by atoms with Crippen LogP contribution >= 0.6 is 0 Å². The normalized spacial score (nSPS) is 11.5. The van der Waals surface area contributed by atoms with Crippen molar-refractivity contribution in [3.63, 3.8) is 0 Å². The smallest absolute Gasteiger partial charge is 0.481 e. The third-order valence-corrected chi connectivity index (χ3v) is 2.44. The van der Waals surface area contributed by atoms with Gasteiger partial charge in [0.2, 0.25) is 0 Å². The minimum Gasteiger partial charge on any atom is -0.481 e. The molecule has 0 bridgehead atoms. The monoisotopic (exact) mass is 294 g/mol. The van der Waals surface area contributed by atoms with E-state index in [4.69, 9.17) is 14.8 Å². The fourth-order valence-corrected chi connectivity index (χ4v) is 1.09. The number of aliphatic carboxylic acids is 2. The van der Waals surface area contributed by atoms with Gasteiger partial charge in [-0.2, -0.15) is 14.8 Å². The molecule has 0 aliphatic heterocycles. The molecular formula is C8H15KO7S. The Morgan fingerprint density at radius 2 is 1.65 bits per heavy atom. The van der Waals surface area contributed by atoms with Gasteiger partial charge < -0.3 is 17.1 Å². The maximum absolute atomic E-state index is 10.2. The van der Waals surface area contributed by atoms with Crippen molar-refractivity contribution < 1.29 is 84.2 Å². The minimum absolute atomic E-state index is 0. The first-order valence-electron chi connectivity index (χ1n) is 4.36. The van der Waals surface area contributed by atoms with E-state index in [2.05, 4.69) is 13.8 Å². The van der Waals surface area contributed by atoms with Crippen molar-refractivity contribution in [1.29, 1.82) is 0 Å². The van der Waals surface area contributed by atoms with Crippen molar-refractivity contribution in [2.75, 3.05) is 0 Å². The summed E-state index contributed by atoms with van der Waals surface area (Å²) >= 11 is 0. The average molecular weight is 294 g/mol. The molecule has 0 saturated carbocycles. The molecule has 17 heavy (non-hydrogen) atoms. The Labute approximate surface area is 143 Å². The first-order valence-corrected chi connectivity index (χ1v) is 5.87. The van der Waals surface area contributed by atoms with Gasteiger partial charge in [-0.15, -0.1) is 0 Å². The average Bonchev–Trinajstić information content (AvgIpc) is 2.12. The van der Waals surface area contributed by atoms with Gasteiger partial charge in [-0.25, -0.2) is 0 Å². The van der Waals surface area contributed by atoms with Gasteiger partial charge >= 0.3 is 63.3 Å². The number of hydrogen-bond acceptors (Lipinski definition) is 4. The summed E-state index contributed by atoms with van der Waals surface area (Å²) in [5.41, 5.74) is 0. The van der Waals surface area contributed by atoms with Crippen LogP contribution in [0.4, 0.5) is 0 Å². The van der Waals surface area contributed by atoms with Gasteiger partial charge in [-0.3, -0.25) is 14.1 Å². The van der Waals surface area contributed by atoms with Crippen molar-refractivity contribution in [3.05, 3.63) is 6.92 Å².